The van der Waals surface area contributed by atoms with Gasteiger partial charge in [-0.3, -0.25) is 0 Å². The molecule has 0 aromatic heterocycles. The number of hydrogen-bond donors (Lipinski definition) is 0. The average Bonchev–Trinajstić information content (AvgIpc) is 2.07. The smallest absolute Gasteiger partial charge is 0.137 e. The van der Waals surface area contributed by atoms with Crippen molar-refractivity contribution in [3.63, 3.8) is 0 Å². The molecule has 3 heteroatoms. The van der Waals surface area contributed by atoms with Crippen LogP contribution >= 0.6 is 11.6 Å². The van der Waals surface area contributed by atoms with Gasteiger partial charge in [0.05, 0.1) is 6.07 Å². The summed E-state index contributed by atoms with van der Waals surface area (Å²) in [6, 6.07) is 1.92. The Kier molecular flexibility index (Phi) is 6.79. The molecule has 0 fully saturated rings. The highest BCUT2D eigenvalue weighted by Gasteiger charge is 2.09. The minimum Gasteiger partial charge on any atom is -0.302 e. The Labute approximate surface area is 78.5 Å². The highest BCUT2D eigenvalue weighted by molar-refractivity contribution is 6.20. The molecule has 0 spiro atoms. The van der Waals surface area contributed by atoms with E-state index in [1.807, 2.05) is 6.07 Å². The third kappa shape index (κ3) is 5.15. The second-order valence-electron chi connectivity index (χ2n) is 2.83. The third-order valence-electron chi connectivity index (χ3n) is 1.72. The van der Waals surface area contributed by atoms with Crippen LogP contribution in [0.15, 0.2) is 0 Å². The number of carbonyl (C=O) groups is 1. The molecule has 0 heterocycles. The molecule has 0 radical (unpaired) electrons. The molecule has 12 heavy (non-hydrogen) atoms. The first-order valence-electron chi connectivity index (χ1n) is 4.23. The van der Waals surface area contributed by atoms with Crippen molar-refractivity contribution in [2.75, 3.05) is 0 Å². The first-order valence-corrected chi connectivity index (χ1v) is 4.67. The normalized spacial score (nSPS) is 14.8. The van der Waals surface area contributed by atoms with Gasteiger partial charge in [0, 0.05) is 5.38 Å². The quantitative estimate of drug-likeness (QED) is 0.474. The molecule has 0 amide bonds. The van der Waals surface area contributed by atoms with Gasteiger partial charge in [0.2, 0.25) is 0 Å². The van der Waals surface area contributed by atoms with Crippen LogP contribution < -0.4 is 0 Å². The van der Waals surface area contributed by atoms with Crippen molar-refractivity contribution in [2.45, 2.75) is 38.0 Å². The van der Waals surface area contributed by atoms with E-state index in [-0.39, 0.29) is 5.38 Å². The van der Waals surface area contributed by atoms with Crippen molar-refractivity contribution in [1.82, 2.24) is 0 Å². The molecule has 2 unspecified atom stereocenters. The lowest BCUT2D eigenvalue weighted by molar-refractivity contribution is -0.109. The van der Waals surface area contributed by atoms with Gasteiger partial charge in [0.1, 0.15) is 12.2 Å². The van der Waals surface area contributed by atoms with Crippen molar-refractivity contribution in [2.24, 2.45) is 5.92 Å². The molecule has 0 N–H and O–H groups in total. The topological polar surface area (TPSA) is 40.9 Å². The van der Waals surface area contributed by atoms with E-state index in [1.54, 1.807) is 0 Å². The molecular weight excluding hydrogens is 174 g/mol. The zero-order valence-electron chi connectivity index (χ0n) is 7.29. The summed E-state index contributed by atoms with van der Waals surface area (Å²) in [5.41, 5.74) is 0. The lowest BCUT2D eigenvalue weighted by Crippen LogP contribution is -2.04. The van der Waals surface area contributed by atoms with Gasteiger partial charge in [-0.1, -0.05) is 13.3 Å². The molecule has 0 saturated carbocycles. The fraction of sp³-hybridized carbons (Fsp3) is 0.778. The van der Waals surface area contributed by atoms with E-state index in [4.69, 9.17) is 16.9 Å². The molecule has 0 saturated heterocycles. The van der Waals surface area contributed by atoms with Crippen LogP contribution in [0.5, 0.6) is 0 Å². The van der Waals surface area contributed by atoms with E-state index in [9.17, 15) is 4.79 Å². The van der Waals surface area contributed by atoms with Crippen LogP contribution in [-0.2, 0) is 4.79 Å². The van der Waals surface area contributed by atoms with E-state index in [0.29, 0.717) is 12.7 Å². The molecule has 2 atom stereocenters. The molecule has 68 valence electrons. The predicted molar refractivity (Wildman–Crippen MR) is 49.0 cm³/mol. The Morgan fingerprint density at radius 3 is 2.58 bits per heavy atom. The van der Waals surface area contributed by atoms with E-state index in [1.165, 1.54) is 0 Å². The van der Waals surface area contributed by atoms with Gasteiger partial charge < -0.3 is 4.79 Å². The number of alkyl halides is 1. The molecular formula is C9H14ClNO. The largest absolute Gasteiger partial charge is 0.302 e. The number of halogens is 1. The number of nitrogens with zero attached hydrogens (tertiary/aromatic N) is 1. The van der Waals surface area contributed by atoms with E-state index in [0.717, 1.165) is 19.3 Å². The minimum absolute atomic E-state index is 0.116. The molecule has 0 aliphatic carbocycles. The Bertz CT molecular complexity index is 164. The standard InChI is InChI=1S/C9H14ClNO/c1-2-3-9(10)5-4-8(6-11)7-12/h7-9H,2-5H2,1H3. The number of hydrogen-bond acceptors (Lipinski definition) is 2. The Morgan fingerprint density at radius 1 is 1.50 bits per heavy atom. The molecule has 2 nitrogen and oxygen atoms in total. The summed E-state index contributed by atoms with van der Waals surface area (Å²) < 4.78 is 0. The van der Waals surface area contributed by atoms with Gasteiger partial charge >= 0.3 is 0 Å². The zero-order chi connectivity index (χ0) is 9.40. The van der Waals surface area contributed by atoms with Crippen molar-refractivity contribution >= 4 is 17.9 Å². The van der Waals surface area contributed by atoms with Gasteiger partial charge in [-0.25, -0.2) is 0 Å². The maximum atomic E-state index is 10.2. The van der Waals surface area contributed by atoms with Crippen LogP contribution in [0.4, 0.5) is 0 Å². The van der Waals surface area contributed by atoms with Gasteiger partial charge in [0.25, 0.3) is 0 Å². The van der Waals surface area contributed by atoms with Crippen LogP contribution in [0.2, 0.25) is 0 Å². The fourth-order valence-corrected chi connectivity index (χ4v) is 1.33. The predicted octanol–water partition coefficient (Wildman–Crippen LogP) is 2.51. The Hall–Kier alpha value is -0.550. The van der Waals surface area contributed by atoms with Crippen molar-refractivity contribution in [1.29, 1.82) is 5.26 Å². The number of nitriles is 1. The maximum absolute atomic E-state index is 10.2. The van der Waals surface area contributed by atoms with E-state index >= 15 is 0 Å². The molecule has 0 aromatic rings. The summed E-state index contributed by atoms with van der Waals surface area (Å²) in [6.45, 7) is 2.07. The summed E-state index contributed by atoms with van der Waals surface area (Å²) in [6.07, 6.45) is 4.04. The lowest BCUT2D eigenvalue weighted by Gasteiger charge is -2.07. The highest BCUT2D eigenvalue weighted by atomic mass is 35.5. The first kappa shape index (κ1) is 11.4. The Balaban J connectivity index is 3.53. The molecule has 0 bridgehead atoms. The van der Waals surface area contributed by atoms with Gasteiger partial charge in [-0.2, -0.15) is 5.26 Å². The maximum Gasteiger partial charge on any atom is 0.137 e. The van der Waals surface area contributed by atoms with Crippen LogP contribution in [0.3, 0.4) is 0 Å². The monoisotopic (exact) mass is 187 g/mol. The molecule has 0 rings (SSSR count). The summed E-state index contributed by atoms with van der Waals surface area (Å²) in [4.78, 5) is 10.2. The summed E-state index contributed by atoms with van der Waals surface area (Å²) in [5, 5.41) is 8.56. The second-order valence-corrected chi connectivity index (χ2v) is 3.45. The first-order chi connectivity index (χ1) is 5.74. The van der Waals surface area contributed by atoms with Crippen molar-refractivity contribution in [3.05, 3.63) is 0 Å². The fourth-order valence-electron chi connectivity index (χ4n) is 0.981. The van der Waals surface area contributed by atoms with Crippen LogP contribution in [0, 0.1) is 17.2 Å². The third-order valence-corrected chi connectivity index (χ3v) is 2.16. The zero-order valence-corrected chi connectivity index (χ0v) is 8.05. The van der Waals surface area contributed by atoms with Crippen LogP contribution in [0.25, 0.3) is 0 Å². The SMILES string of the molecule is CCCC(Cl)CCC(C#N)C=O. The molecule has 0 aliphatic heterocycles. The van der Waals surface area contributed by atoms with Crippen LogP contribution in [0.1, 0.15) is 32.6 Å². The van der Waals surface area contributed by atoms with Gasteiger partial charge in [0.15, 0.2) is 0 Å². The van der Waals surface area contributed by atoms with Crippen molar-refractivity contribution < 1.29 is 4.79 Å². The van der Waals surface area contributed by atoms with Crippen LogP contribution in [-0.4, -0.2) is 11.7 Å². The second kappa shape index (κ2) is 7.12. The van der Waals surface area contributed by atoms with Gasteiger partial charge in [-0.05, 0) is 19.3 Å². The average molecular weight is 188 g/mol. The highest BCUT2D eigenvalue weighted by Crippen LogP contribution is 2.14. The van der Waals surface area contributed by atoms with Gasteiger partial charge in [-0.15, -0.1) is 11.6 Å². The van der Waals surface area contributed by atoms with E-state index < -0.39 is 5.92 Å². The van der Waals surface area contributed by atoms with Crippen molar-refractivity contribution in [3.8, 4) is 6.07 Å². The number of rotatable bonds is 6. The minimum atomic E-state index is -0.469. The lowest BCUT2D eigenvalue weighted by atomic mass is 10.0. The summed E-state index contributed by atoms with van der Waals surface area (Å²) in [5.74, 6) is -0.469. The molecule has 0 aromatic carbocycles. The summed E-state index contributed by atoms with van der Waals surface area (Å²) >= 11 is 5.91. The summed E-state index contributed by atoms with van der Waals surface area (Å²) in [7, 11) is 0. The molecule has 0 aliphatic rings. The number of carbonyl (C=O) groups excluding carboxylic acids is 1. The Morgan fingerprint density at radius 2 is 2.17 bits per heavy atom. The number of aldehydes is 1. The van der Waals surface area contributed by atoms with E-state index in [2.05, 4.69) is 6.92 Å².